The average Bonchev–Trinajstić information content (AvgIpc) is 2.93. The Bertz CT molecular complexity index is 805. The second kappa shape index (κ2) is 8.88. The first kappa shape index (κ1) is 20.7. The molecule has 2 rings (SSSR count). The summed E-state index contributed by atoms with van der Waals surface area (Å²) >= 11 is 0. The van der Waals surface area contributed by atoms with E-state index in [1.165, 1.54) is 0 Å². The summed E-state index contributed by atoms with van der Waals surface area (Å²) in [6, 6.07) is 5.54. The van der Waals surface area contributed by atoms with Crippen LogP contribution in [0.1, 0.15) is 46.9 Å². The van der Waals surface area contributed by atoms with E-state index in [4.69, 9.17) is 9.47 Å². The van der Waals surface area contributed by atoms with Gasteiger partial charge in [-0.2, -0.15) is 0 Å². The van der Waals surface area contributed by atoms with E-state index in [-0.39, 0.29) is 24.9 Å². The van der Waals surface area contributed by atoms with Crippen LogP contribution in [0.15, 0.2) is 18.2 Å². The van der Waals surface area contributed by atoms with Gasteiger partial charge < -0.3 is 19.4 Å². The number of likely N-dealkylation sites (N-methyl/N-ethyl adjacent to an activating group) is 1. The summed E-state index contributed by atoms with van der Waals surface area (Å²) in [6.07, 6.45) is 0.785. The Balaban J connectivity index is 2.12. The van der Waals surface area contributed by atoms with Crippen LogP contribution in [-0.4, -0.2) is 40.2 Å². The van der Waals surface area contributed by atoms with Gasteiger partial charge in [0.15, 0.2) is 6.61 Å². The molecule has 7 nitrogen and oxygen atoms in total. The van der Waals surface area contributed by atoms with Gasteiger partial charge in [-0.05, 0) is 46.8 Å². The minimum atomic E-state index is -0.488. The Morgan fingerprint density at radius 2 is 1.96 bits per heavy atom. The number of ether oxygens (including phenoxy) is 2. The Labute approximate surface area is 160 Å². The second-order valence-electron chi connectivity index (χ2n) is 7.25. The number of esters is 1. The van der Waals surface area contributed by atoms with Gasteiger partial charge in [-0.3, -0.25) is 9.59 Å². The number of aryl methyl sites for hydroxylation is 2. The minimum absolute atomic E-state index is 0.0227. The first-order chi connectivity index (χ1) is 12.7. The molecule has 1 aromatic heterocycles. The van der Waals surface area contributed by atoms with Gasteiger partial charge in [0.2, 0.25) is 0 Å². The van der Waals surface area contributed by atoms with E-state index in [9.17, 15) is 9.59 Å². The van der Waals surface area contributed by atoms with Gasteiger partial charge in [-0.15, -0.1) is 0 Å². The summed E-state index contributed by atoms with van der Waals surface area (Å²) in [5.74, 6) is 1.06. The molecule has 0 unspecified atom stereocenters. The molecule has 7 heteroatoms. The van der Waals surface area contributed by atoms with Crippen LogP contribution in [0, 0.1) is 0 Å². The molecule has 0 spiro atoms. The van der Waals surface area contributed by atoms with Crippen LogP contribution in [0.3, 0.4) is 0 Å². The molecule has 0 saturated carbocycles. The maximum atomic E-state index is 12.0. The maximum Gasteiger partial charge on any atom is 0.306 e. The Kier molecular flexibility index (Phi) is 6.82. The lowest BCUT2D eigenvalue weighted by Crippen LogP contribution is -2.28. The van der Waals surface area contributed by atoms with Crippen LogP contribution in [0.4, 0.5) is 0 Å². The number of imidazole rings is 1. The molecule has 27 heavy (non-hydrogen) atoms. The molecule has 0 aliphatic rings. The number of hydrogen-bond donors (Lipinski definition) is 1. The lowest BCUT2D eigenvalue weighted by molar-refractivity contribution is -0.154. The fraction of sp³-hybridized carbons (Fsp3) is 0.550. The van der Waals surface area contributed by atoms with Crippen molar-refractivity contribution in [3.63, 3.8) is 0 Å². The summed E-state index contributed by atoms with van der Waals surface area (Å²) in [6.45, 7) is 10.7. The van der Waals surface area contributed by atoms with E-state index < -0.39 is 5.60 Å². The Morgan fingerprint density at radius 3 is 2.59 bits per heavy atom. The van der Waals surface area contributed by atoms with Crippen molar-refractivity contribution in [1.82, 2.24) is 14.9 Å². The number of rotatable bonds is 8. The summed E-state index contributed by atoms with van der Waals surface area (Å²) in [5.41, 5.74) is 1.27. The third-order valence-electron chi connectivity index (χ3n) is 3.83. The minimum Gasteiger partial charge on any atom is -0.484 e. The molecule has 1 aromatic carbocycles. The number of nitrogens with one attached hydrogen (secondary N) is 1. The molecule has 2 aromatic rings. The molecule has 0 fully saturated rings. The zero-order valence-electron chi connectivity index (χ0n) is 16.8. The number of aromatic nitrogens is 2. The number of benzene rings is 1. The number of nitrogens with zero attached hydrogens (tertiary/aromatic N) is 2. The van der Waals surface area contributed by atoms with E-state index in [1.54, 1.807) is 6.07 Å². The van der Waals surface area contributed by atoms with Crippen LogP contribution >= 0.6 is 0 Å². The van der Waals surface area contributed by atoms with Crippen molar-refractivity contribution >= 4 is 22.9 Å². The monoisotopic (exact) mass is 375 g/mol. The van der Waals surface area contributed by atoms with Crippen LogP contribution < -0.4 is 10.1 Å². The quantitative estimate of drug-likeness (QED) is 0.718. The smallest absolute Gasteiger partial charge is 0.306 e. The van der Waals surface area contributed by atoms with Crippen LogP contribution in [-0.2, 0) is 27.3 Å². The predicted molar refractivity (Wildman–Crippen MR) is 104 cm³/mol. The molecule has 0 atom stereocenters. The third kappa shape index (κ3) is 5.98. The lowest BCUT2D eigenvalue weighted by Gasteiger charge is -2.19. The number of fused-ring (bicyclic) bond motifs is 1. The van der Waals surface area contributed by atoms with Crippen molar-refractivity contribution in [3.8, 4) is 5.75 Å². The van der Waals surface area contributed by atoms with Crippen molar-refractivity contribution < 1.29 is 19.1 Å². The maximum absolute atomic E-state index is 12.0. The summed E-state index contributed by atoms with van der Waals surface area (Å²) in [4.78, 5) is 28.2. The molecule has 1 amide bonds. The van der Waals surface area contributed by atoms with Crippen molar-refractivity contribution in [2.75, 3.05) is 13.2 Å². The van der Waals surface area contributed by atoms with E-state index in [1.807, 2.05) is 46.8 Å². The molecule has 0 saturated heterocycles. The largest absolute Gasteiger partial charge is 0.484 e. The van der Waals surface area contributed by atoms with E-state index in [0.29, 0.717) is 18.7 Å². The standard InChI is InChI=1S/C20H29N3O4/c1-6-21-18(24)13-26-14-8-9-15-16(12-14)23(7-2)17(22-15)10-11-19(25)27-20(3,4)5/h8-9,12H,6-7,10-11,13H2,1-5H3,(H,21,24). The van der Waals surface area contributed by atoms with Crippen molar-refractivity contribution in [3.05, 3.63) is 24.0 Å². The van der Waals surface area contributed by atoms with Gasteiger partial charge in [0.05, 0.1) is 17.5 Å². The Hall–Kier alpha value is -2.57. The highest BCUT2D eigenvalue weighted by Gasteiger charge is 2.18. The van der Waals surface area contributed by atoms with Gasteiger partial charge in [0, 0.05) is 25.6 Å². The van der Waals surface area contributed by atoms with Gasteiger partial charge in [-0.1, -0.05) is 0 Å². The lowest BCUT2D eigenvalue weighted by atomic mass is 10.2. The molecule has 0 radical (unpaired) electrons. The molecule has 1 N–H and O–H groups in total. The van der Waals surface area contributed by atoms with Gasteiger partial charge in [-0.25, -0.2) is 4.98 Å². The average molecular weight is 375 g/mol. The third-order valence-corrected chi connectivity index (χ3v) is 3.83. The van der Waals surface area contributed by atoms with Crippen LogP contribution in [0.5, 0.6) is 5.75 Å². The van der Waals surface area contributed by atoms with E-state index in [2.05, 4.69) is 14.9 Å². The molecule has 0 bridgehead atoms. The normalized spacial score (nSPS) is 11.4. The van der Waals surface area contributed by atoms with Crippen LogP contribution in [0.2, 0.25) is 0 Å². The van der Waals surface area contributed by atoms with Crippen LogP contribution in [0.25, 0.3) is 11.0 Å². The molecular weight excluding hydrogens is 346 g/mol. The molecular formula is C20H29N3O4. The number of carbonyl (C=O) groups is 2. The van der Waals surface area contributed by atoms with Crippen molar-refractivity contribution in [1.29, 1.82) is 0 Å². The van der Waals surface area contributed by atoms with Crippen molar-refractivity contribution in [2.24, 2.45) is 0 Å². The number of amides is 1. The molecule has 0 aliphatic heterocycles. The summed E-state index contributed by atoms with van der Waals surface area (Å²) in [7, 11) is 0. The Morgan fingerprint density at radius 1 is 1.22 bits per heavy atom. The first-order valence-corrected chi connectivity index (χ1v) is 9.34. The highest BCUT2D eigenvalue weighted by atomic mass is 16.6. The predicted octanol–water partition coefficient (Wildman–Crippen LogP) is 2.85. The fourth-order valence-corrected chi connectivity index (χ4v) is 2.79. The fourth-order valence-electron chi connectivity index (χ4n) is 2.79. The highest BCUT2D eigenvalue weighted by molar-refractivity contribution is 5.79. The zero-order valence-corrected chi connectivity index (χ0v) is 16.8. The second-order valence-corrected chi connectivity index (χ2v) is 7.25. The molecule has 148 valence electrons. The van der Waals surface area contributed by atoms with Crippen molar-refractivity contribution in [2.45, 2.75) is 59.6 Å². The molecule has 0 aliphatic carbocycles. The van der Waals surface area contributed by atoms with Gasteiger partial charge >= 0.3 is 5.97 Å². The number of carbonyl (C=O) groups excluding carboxylic acids is 2. The topological polar surface area (TPSA) is 82.4 Å². The zero-order chi connectivity index (χ0) is 20.0. The SMILES string of the molecule is CCNC(=O)COc1ccc2nc(CCC(=O)OC(C)(C)C)n(CC)c2c1. The van der Waals surface area contributed by atoms with E-state index >= 15 is 0 Å². The first-order valence-electron chi connectivity index (χ1n) is 9.34. The van der Waals surface area contributed by atoms with Gasteiger partial charge in [0.1, 0.15) is 17.2 Å². The highest BCUT2D eigenvalue weighted by Crippen LogP contribution is 2.23. The summed E-state index contributed by atoms with van der Waals surface area (Å²) < 4.78 is 13.0. The molecule has 1 heterocycles. The summed E-state index contributed by atoms with van der Waals surface area (Å²) in [5, 5.41) is 2.70. The van der Waals surface area contributed by atoms with Gasteiger partial charge in [0.25, 0.3) is 5.91 Å². The number of hydrogen-bond acceptors (Lipinski definition) is 5. The van der Waals surface area contributed by atoms with E-state index in [0.717, 1.165) is 23.4 Å².